The Kier molecular flexibility index (Phi) is 4.97. The summed E-state index contributed by atoms with van der Waals surface area (Å²) in [6, 6.07) is 8.28. The maximum Gasteiger partial charge on any atom is 0.119 e. The van der Waals surface area contributed by atoms with Crippen LogP contribution in [0.3, 0.4) is 0 Å². The van der Waals surface area contributed by atoms with Gasteiger partial charge in [0.15, 0.2) is 0 Å². The normalized spacial score (nSPS) is 13.5. The molecule has 0 saturated carbocycles. The third-order valence-corrected chi connectivity index (χ3v) is 2.91. The first-order chi connectivity index (χ1) is 7.98. The highest BCUT2D eigenvalue weighted by Gasteiger charge is 2.17. The summed E-state index contributed by atoms with van der Waals surface area (Å²) in [5.41, 5.74) is 1.10. The molecule has 0 spiro atoms. The Bertz CT molecular complexity index is 350. The van der Waals surface area contributed by atoms with Gasteiger partial charge in [0.1, 0.15) is 5.75 Å². The lowest BCUT2D eigenvalue weighted by Gasteiger charge is -2.25. The number of hydrogen-bond acceptors (Lipinski definition) is 3. The fraction of sp³-hybridized carbons (Fsp3) is 0.571. The van der Waals surface area contributed by atoms with Crippen molar-refractivity contribution < 1.29 is 9.84 Å². The van der Waals surface area contributed by atoms with E-state index in [1.54, 1.807) is 7.11 Å². The van der Waals surface area contributed by atoms with Crippen molar-refractivity contribution in [1.82, 2.24) is 5.32 Å². The number of benzene rings is 1. The van der Waals surface area contributed by atoms with Gasteiger partial charge in [-0.2, -0.15) is 0 Å². The first kappa shape index (κ1) is 14.0. The largest absolute Gasteiger partial charge is 0.497 e. The standard InChI is InChI=1S/C14H23NO2/c1-11(15-9-14(2,3)10-16)12-6-5-7-13(8-12)17-4/h5-8,11,15-16H,9-10H2,1-4H3/t11-/m0/s1. The molecule has 1 rings (SSSR count). The van der Waals surface area contributed by atoms with E-state index in [0.29, 0.717) is 0 Å². The van der Waals surface area contributed by atoms with E-state index in [1.807, 2.05) is 32.0 Å². The van der Waals surface area contributed by atoms with Gasteiger partial charge in [-0.1, -0.05) is 26.0 Å². The van der Waals surface area contributed by atoms with Crippen LogP contribution < -0.4 is 10.1 Å². The van der Waals surface area contributed by atoms with Gasteiger partial charge in [-0.05, 0) is 24.6 Å². The minimum Gasteiger partial charge on any atom is -0.497 e. The predicted octanol–water partition coefficient (Wildman–Crippen LogP) is 2.36. The van der Waals surface area contributed by atoms with Gasteiger partial charge in [-0.25, -0.2) is 0 Å². The van der Waals surface area contributed by atoms with Gasteiger partial charge in [0.05, 0.1) is 7.11 Å². The highest BCUT2D eigenvalue weighted by molar-refractivity contribution is 5.30. The predicted molar refractivity (Wildman–Crippen MR) is 70.3 cm³/mol. The third-order valence-electron chi connectivity index (χ3n) is 2.91. The molecule has 0 radical (unpaired) electrons. The molecular formula is C14H23NO2. The smallest absolute Gasteiger partial charge is 0.119 e. The molecule has 1 aromatic carbocycles. The number of ether oxygens (including phenoxy) is 1. The van der Waals surface area contributed by atoms with Crippen molar-refractivity contribution in [2.75, 3.05) is 20.3 Å². The lowest BCUT2D eigenvalue weighted by molar-refractivity contribution is 0.154. The van der Waals surface area contributed by atoms with Crippen LogP contribution in [0.2, 0.25) is 0 Å². The van der Waals surface area contributed by atoms with Crippen molar-refractivity contribution in [3.63, 3.8) is 0 Å². The van der Waals surface area contributed by atoms with Crippen LogP contribution in [-0.2, 0) is 0 Å². The van der Waals surface area contributed by atoms with Crippen molar-refractivity contribution in [2.24, 2.45) is 5.41 Å². The Morgan fingerprint density at radius 2 is 2.12 bits per heavy atom. The van der Waals surface area contributed by atoms with Crippen molar-refractivity contribution in [3.05, 3.63) is 29.8 Å². The number of nitrogens with one attached hydrogen (secondary N) is 1. The summed E-state index contributed by atoms with van der Waals surface area (Å²) in [4.78, 5) is 0. The van der Waals surface area contributed by atoms with E-state index in [4.69, 9.17) is 4.74 Å². The number of methoxy groups -OCH3 is 1. The summed E-state index contributed by atoms with van der Waals surface area (Å²) in [6.45, 7) is 7.16. The molecule has 1 aromatic rings. The summed E-state index contributed by atoms with van der Waals surface area (Å²) in [6.07, 6.45) is 0. The average Bonchev–Trinajstić information content (AvgIpc) is 2.36. The van der Waals surface area contributed by atoms with Gasteiger partial charge in [-0.3, -0.25) is 0 Å². The molecule has 96 valence electrons. The molecule has 0 fully saturated rings. The summed E-state index contributed by atoms with van der Waals surface area (Å²) >= 11 is 0. The summed E-state index contributed by atoms with van der Waals surface area (Å²) in [7, 11) is 1.67. The highest BCUT2D eigenvalue weighted by atomic mass is 16.5. The third kappa shape index (κ3) is 4.36. The number of aliphatic hydroxyl groups excluding tert-OH is 1. The molecule has 3 nitrogen and oxygen atoms in total. The summed E-state index contributed by atoms with van der Waals surface area (Å²) in [5.74, 6) is 0.873. The quantitative estimate of drug-likeness (QED) is 0.798. The topological polar surface area (TPSA) is 41.5 Å². The first-order valence-electron chi connectivity index (χ1n) is 5.97. The first-order valence-corrected chi connectivity index (χ1v) is 5.97. The molecule has 1 atom stereocenters. The number of aliphatic hydroxyl groups is 1. The van der Waals surface area contributed by atoms with Crippen LogP contribution >= 0.6 is 0 Å². The summed E-state index contributed by atoms with van der Waals surface area (Å²) < 4.78 is 5.20. The number of hydrogen-bond donors (Lipinski definition) is 2. The molecular weight excluding hydrogens is 214 g/mol. The average molecular weight is 237 g/mol. The molecule has 0 amide bonds. The minimum atomic E-state index is -0.0902. The number of rotatable bonds is 6. The molecule has 17 heavy (non-hydrogen) atoms. The van der Waals surface area contributed by atoms with Crippen LogP contribution in [0.25, 0.3) is 0 Å². The van der Waals surface area contributed by atoms with Crippen LogP contribution in [0.4, 0.5) is 0 Å². The maximum absolute atomic E-state index is 9.20. The van der Waals surface area contributed by atoms with Crippen molar-refractivity contribution >= 4 is 0 Å². The van der Waals surface area contributed by atoms with Crippen molar-refractivity contribution in [2.45, 2.75) is 26.8 Å². The monoisotopic (exact) mass is 237 g/mol. The molecule has 3 heteroatoms. The molecule has 0 heterocycles. The van der Waals surface area contributed by atoms with Crippen LogP contribution in [0.15, 0.2) is 24.3 Å². The second kappa shape index (κ2) is 6.03. The van der Waals surface area contributed by atoms with Gasteiger partial charge in [0.25, 0.3) is 0 Å². The van der Waals surface area contributed by atoms with Crippen LogP contribution in [-0.4, -0.2) is 25.4 Å². The van der Waals surface area contributed by atoms with Crippen molar-refractivity contribution in [3.8, 4) is 5.75 Å². The Morgan fingerprint density at radius 1 is 1.41 bits per heavy atom. The second-order valence-electron chi connectivity index (χ2n) is 5.20. The van der Waals surface area contributed by atoms with E-state index in [-0.39, 0.29) is 18.1 Å². The van der Waals surface area contributed by atoms with Crippen LogP contribution in [0.1, 0.15) is 32.4 Å². The van der Waals surface area contributed by atoms with Gasteiger partial charge in [0.2, 0.25) is 0 Å². The lowest BCUT2D eigenvalue weighted by Crippen LogP contribution is -2.33. The van der Waals surface area contributed by atoms with Crippen LogP contribution in [0, 0.1) is 5.41 Å². The van der Waals surface area contributed by atoms with Gasteiger partial charge in [0, 0.05) is 24.6 Å². The molecule has 0 aromatic heterocycles. The van der Waals surface area contributed by atoms with E-state index in [1.165, 1.54) is 5.56 Å². The van der Waals surface area contributed by atoms with Crippen LogP contribution in [0.5, 0.6) is 5.75 Å². The van der Waals surface area contributed by atoms with E-state index < -0.39 is 0 Å². The van der Waals surface area contributed by atoms with E-state index >= 15 is 0 Å². The molecule has 0 aliphatic carbocycles. The lowest BCUT2D eigenvalue weighted by atomic mass is 9.94. The zero-order chi connectivity index (χ0) is 12.9. The molecule has 2 N–H and O–H groups in total. The van der Waals surface area contributed by atoms with Gasteiger partial charge >= 0.3 is 0 Å². The molecule has 0 aliphatic rings. The zero-order valence-corrected chi connectivity index (χ0v) is 11.2. The summed E-state index contributed by atoms with van der Waals surface area (Å²) in [5, 5.41) is 12.6. The van der Waals surface area contributed by atoms with Gasteiger partial charge in [-0.15, -0.1) is 0 Å². The zero-order valence-electron chi connectivity index (χ0n) is 11.2. The van der Waals surface area contributed by atoms with Gasteiger partial charge < -0.3 is 15.2 Å². The second-order valence-corrected chi connectivity index (χ2v) is 5.20. The fourth-order valence-corrected chi connectivity index (χ4v) is 1.51. The molecule has 0 unspecified atom stereocenters. The Labute approximate surface area is 104 Å². The van der Waals surface area contributed by atoms with Crippen molar-refractivity contribution in [1.29, 1.82) is 0 Å². The molecule has 0 bridgehead atoms. The Morgan fingerprint density at radius 3 is 2.71 bits per heavy atom. The Hall–Kier alpha value is -1.06. The van der Waals surface area contributed by atoms with E-state index in [9.17, 15) is 5.11 Å². The highest BCUT2D eigenvalue weighted by Crippen LogP contribution is 2.20. The SMILES string of the molecule is COc1cccc([C@H](C)NCC(C)(C)CO)c1. The maximum atomic E-state index is 9.20. The minimum absolute atomic E-state index is 0.0902. The molecule has 0 aliphatic heterocycles. The fourth-order valence-electron chi connectivity index (χ4n) is 1.51. The molecule has 0 saturated heterocycles. The van der Waals surface area contributed by atoms with E-state index in [2.05, 4.69) is 18.3 Å². The Balaban J connectivity index is 2.60. The van der Waals surface area contributed by atoms with E-state index in [0.717, 1.165) is 12.3 Å².